The maximum absolute atomic E-state index is 10.6. The van der Waals surface area contributed by atoms with Crippen LogP contribution in [-0.2, 0) is 4.74 Å². The van der Waals surface area contributed by atoms with Crippen LogP contribution < -0.4 is 4.90 Å². The number of hydrogen-bond donors (Lipinski definition) is 0. The van der Waals surface area contributed by atoms with Crippen LogP contribution in [0.2, 0.25) is 5.02 Å². The lowest BCUT2D eigenvalue weighted by Crippen LogP contribution is -2.36. The molecule has 0 bridgehead atoms. The SMILES string of the molecule is O=Cc1ccc(N2CCOCC2)c(Cl)c1. The van der Waals surface area contributed by atoms with Crippen molar-refractivity contribution in [3.05, 3.63) is 28.8 Å². The van der Waals surface area contributed by atoms with Crippen molar-refractivity contribution in [2.24, 2.45) is 0 Å². The lowest BCUT2D eigenvalue weighted by Gasteiger charge is -2.29. The molecule has 0 unspecified atom stereocenters. The molecular formula is C11H12ClNO2. The van der Waals surface area contributed by atoms with Crippen LogP contribution in [0.15, 0.2) is 18.2 Å². The maximum atomic E-state index is 10.6. The van der Waals surface area contributed by atoms with Crippen LogP contribution in [0.3, 0.4) is 0 Å². The Morgan fingerprint density at radius 1 is 1.33 bits per heavy atom. The van der Waals surface area contributed by atoms with E-state index in [1.54, 1.807) is 12.1 Å². The topological polar surface area (TPSA) is 29.5 Å². The predicted molar refractivity (Wildman–Crippen MR) is 59.9 cm³/mol. The van der Waals surface area contributed by atoms with Crippen molar-refractivity contribution in [2.75, 3.05) is 31.2 Å². The monoisotopic (exact) mass is 225 g/mol. The molecule has 1 heterocycles. The molecule has 0 N–H and O–H groups in total. The van der Waals surface area contributed by atoms with Crippen LogP contribution in [0.1, 0.15) is 10.4 Å². The number of aldehydes is 1. The Morgan fingerprint density at radius 3 is 2.67 bits per heavy atom. The van der Waals surface area contributed by atoms with Crippen molar-refractivity contribution in [1.29, 1.82) is 0 Å². The molecule has 0 aromatic heterocycles. The first-order valence-electron chi connectivity index (χ1n) is 4.88. The molecule has 1 aliphatic rings. The van der Waals surface area contributed by atoms with E-state index >= 15 is 0 Å². The number of halogens is 1. The molecule has 0 spiro atoms. The fraction of sp³-hybridized carbons (Fsp3) is 0.364. The summed E-state index contributed by atoms with van der Waals surface area (Å²) in [4.78, 5) is 12.7. The summed E-state index contributed by atoms with van der Waals surface area (Å²) in [7, 11) is 0. The number of nitrogens with zero attached hydrogens (tertiary/aromatic N) is 1. The zero-order valence-electron chi connectivity index (χ0n) is 8.28. The fourth-order valence-electron chi connectivity index (χ4n) is 1.66. The summed E-state index contributed by atoms with van der Waals surface area (Å²) < 4.78 is 5.27. The Kier molecular flexibility index (Phi) is 3.23. The average Bonchev–Trinajstić information content (AvgIpc) is 2.30. The van der Waals surface area contributed by atoms with Crippen molar-refractivity contribution in [2.45, 2.75) is 0 Å². The normalized spacial score (nSPS) is 16.5. The number of anilines is 1. The first kappa shape index (κ1) is 10.5. The highest BCUT2D eigenvalue weighted by atomic mass is 35.5. The van der Waals surface area contributed by atoms with E-state index in [1.807, 2.05) is 6.07 Å². The Labute approximate surface area is 93.6 Å². The van der Waals surface area contributed by atoms with Gasteiger partial charge in [0.05, 0.1) is 23.9 Å². The largest absolute Gasteiger partial charge is 0.378 e. The summed E-state index contributed by atoms with van der Waals surface area (Å²) in [6.07, 6.45) is 0.801. The maximum Gasteiger partial charge on any atom is 0.150 e. The van der Waals surface area contributed by atoms with Crippen LogP contribution in [-0.4, -0.2) is 32.6 Å². The summed E-state index contributed by atoms with van der Waals surface area (Å²) in [6.45, 7) is 3.15. The van der Waals surface area contributed by atoms with Gasteiger partial charge in [-0.05, 0) is 18.2 Å². The zero-order valence-corrected chi connectivity index (χ0v) is 9.04. The number of benzene rings is 1. The third-order valence-electron chi connectivity index (χ3n) is 2.46. The van der Waals surface area contributed by atoms with Crippen LogP contribution in [0.4, 0.5) is 5.69 Å². The van der Waals surface area contributed by atoms with Crippen LogP contribution in [0.5, 0.6) is 0 Å². The molecule has 1 aliphatic heterocycles. The minimum absolute atomic E-state index is 0.608. The van der Waals surface area contributed by atoms with E-state index in [1.165, 1.54) is 0 Å². The van der Waals surface area contributed by atoms with Crippen LogP contribution >= 0.6 is 11.6 Å². The number of ether oxygens (including phenoxy) is 1. The Hall–Kier alpha value is -1.06. The van der Waals surface area contributed by atoms with E-state index in [-0.39, 0.29) is 0 Å². The highest BCUT2D eigenvalue weighted by Gasteiger charge is 2.13. The first-order chi connectivity index (χ1) is 7.31. The average molecular weight is 226 g/mol. The molecular weight excluding hydrogens is 214 g/mol. The summed E-state index contributed by atoms with van der Waals surface area (Å²) >= 11 is 6.10. The molecule has 80 valence electrons. The Balaban J connectivity index is 2.23. The minimum atomic E-state index is 0.608. The minimum Gasteiger partial charge on any atom is -0.378 e. The summed E-state index contributed by atoms with van der Waals surface area (Å²) in [5.41, 5.74) is 1.59. The van der Waals surface area contributed by atoms with E-state index in [0.717, 1.165) is 38.3 Å². The van der Waals surface area contributed by atoms with Crippen molar-refractivity contribution >= 4 is 23.6 Å². The van der Waals surface area contributed by atoms with Gasteiger partial charge in [0.2, 0.25) is 0 Å². The quantitative estimate of drug-likeness (QED) is 0.721. The van der Waals surface area contributed by atoms with E-state index in [0.29, 0.717) is 10.6 Å². The second-order valence-electron chi connectivity index (χ2n) is 3.43. The van der Waals surface area contributed by atoms with Gasteiger partial charge >= 0.3 is 0 Å². The fourth-order valence-corrected chi connectivity index (χ4v) is 1.97. The summed E-state index contributed by atoms with van der Waals surface area (Å²) in [5, 5.41) is 0.626. The van der Waals surface area contributed by atoms with E-state index < -0.39 is 0 Å². The molecule has 0 saturated carbocycles. The van der Waals surface area contributed by atoms with E-state index in [9.17, 15) is 4.79 Å². The molecule has 1 saturated heterocycles. The van der Waals surface area contributed by atoms with Gasteiger partial charge < -0.3 is 9.64 Å². The molecule has 1 fully saturated rings. The van der Waals surface area contributed by atoms with Gasteiger partial charge in [0, 0.05) is 18.7 Å². The zero-order chi connectivity index (χ0) is 10.7. The molecule has 0 aliphatic carbocycles. The van der Waals surface area contributed by atoms with Gasteiger partial charge in [0.1, 0.15) is 6.29 Å². The third kappa shape index (κ3) is 2.30. The molecule has 15 heavy (non-hydrogen) atoms. The van der Waals surface area contributed by atoms with Crippen molar-refractivity contribution in [1.82, 2.24) is 0 Å². The lowest BCUT2D eigenvalue weighted by molar-refractivity contribution is 0.112. The third-order valence-corrected chi connectivity index (χ3v) is 2.76. The molecule has 0 atom stereocenters. The van der Waals surface area contributed by atoms with Gasteiger partial charge in [-0.1, -0.05) is 11.6 Å². The number of carbonyl (C=O) groups excluding carboxylic acids is 1. The summed E-state index contributed by atoms with van der Waals surface area (Å²) in [6, 6.07) is 5.36. The van der Waals surface area contributed by atoms with E-state index in [4.69, 9.17) is 16.3 Å². The van der Waals surface area contributed by atoms with Crippen LogP contribution in [0.25, 0.3) is 0 Å². The number of morpholine rings is 1. The second kappa shape index (κ2) is 4.64. The molecule has 3 nitrogen and oxygen atoms in total. The number of rotatable bonds is 2. The Morgan fingerprint density at radius 2 is 2.07 bits per heavy atom. The van der Waals surface area contributed by atoms with Gasteiger partial charge in [-0.2, -0.15) is 0 Å². The van der Waals surface area contributed by atoms with Crippen molar-refractivity contribution < 1.29 is 9.53 Å². The van der Waals surface area contributed by atoms with Crippen molar-refractivity contribution in [3.63, 3.8) is 0 Å². The highest BCUT2D eigenvalue weighted by Crippen LogP contribution is 2.26. The van der Waals surface area contributed by atoms with E-state index in [2.05, 4.69) is 4.90 Å². The lowest BCUT2D eigenvalue weighted by atomic mass is 10.2. The first-order valence-corrected chi connectivity index (χ1v) is 5.26. The molecule has 2 rings (SSSR count). The van der Waals surface area contributed by atoms with Gasteiger partial charge in [-0.25, -0.2) is 0 Å². The molecule has 4 heteroatoms. The molecule has 0 amide bonds. The standard InChI is InChI=1S/C11H12ClNO2/c12-10-7-9(8-14)1-2-11(10)13-3-5-15-6-4-13/h1-2,7-8H,3-6H2. The van der Waals surface area contributed by atoms with Gasteiger partial charge in [0.15, 0.2) is 0 Å². The molecule has 1 aromatic carbocycles. The van der Waals surface area contributed by atoms with Crippen molar-refractivity contribution in [3.8, 4) is 0 Å². The smallest absolute Gasteiger partial charge is 0.150 e. The number of hydrogen-bond acceptors (Lipinski definition) is 3. The highest BCUT2D eigenvalue weighted by molar-refractivity contribution is 6.33. The number of carbonyl (C=O) groups is 1. The predicted octanol–water partition coefficient (Wildman–Crippen LogP) is 1.99. The van der Waals surface area contributed by atoms with Gasteiger partial charge in [-0.3, -0.25) is 4.79 Å². The molecule has 0 radical (unpaired) electrons. The Bertz CT molecular complexity index is 362. The molecule has 1 aromatic rings. The second-order valence-corrected chi connectivity index (χ2v) is 3.84. The van der Waals surface area contributed by atoms with Crippen LogP contribution in [0, 0.1) is 0 Å². The van der Waals surface area contributed by atoms with Gasteiger partial charge in [-0.15, -0.1) is 0 Å². The van der Waals surface area contributed by atoms with Gasteiger partial charge in [0.25, 0.3) is 0 Å². The summed E-state index contributed by atoms with van der Waals surface area (Å²) in [5.74, 6) is 0.